The second kappa shape index (κ2) is 9.99. The first-order valence-electron chi connectivity index (χ1n) is 11.2. The number of ether oxygens (including phenoxy) is 2. The van der Waals surface area contributed by atoms with Crippen LogP contribution in [0.15, 0.2) is 53.6 Å². The number of hydrogen-bond acceptors (Lipinski definition) is 7. The van der Waals surface area contributed by atoms with E-state index < -0.39 is 21.7 Å². The molecule has 1 aliphatic carbocycles. The zero-order chi connectivity index (χ0) is 25.2. The normalized spacial score (nSPS) is 13.5. The van der Waals surface area contributed by atoms with Crippen molar-refractivity contribution in [1.82, 2.24) is 14.7 Å². The van der Waals surface area contributed by atoms with Crippen molar-refractivity contribution < 1.29 is 27.1 Å². The molecule has 1 N–H and O–H groups in total. The summed E-state index contributed by atoms with van der Waals surface area (Å²) < 4.78 is 53.1. The number of nitrogens with zero attached hydrogens (tertiary/aromatic N) is 2. The quantitative estimate of drug-likeness (QED) is 0.468. The van der Waals surface area contributed by atoms with Gasteiger partial charge in [-0.2, -0.15) is 8.42 Å². The molecule has 1 aliphatic rings. The lowest BCUT2D eigenvalue weighted by Crippen LogP contribution is -2.31. The summed E-state index contributed by atoms with van der Waals surface area (Å²) in [6.45, 7) is 6.05. The molecule has 8 nitrogen and oxygen atoms in total. The van der Waals surface area contributed by atoms with Crippen molar-refractivity contribution in [2.45, 2.75) is 44.7 Å². The zero-order valence-electron chi connectivity index (χ0n) is 19.6. The minimum atomic E-state index is -4.21. The van der Waals surface area contributed by atoms with Gasteiger partial charge in [0.25, 0.3) is 15.9 Å². The van der Waals surface area contributed by atoms with Gasteiger partial charge in [0.15, 0.2) is 5.03 Å². The van der Waals surface area contributed by atoms with Crippen molar-refractivity contribution in [1.29, 1.82) is 0 Å². The van der Waals surface area contributed by atoms with Gasteiger partial charge in [-0.15, -0.1) is 0 Å². The zero-order valence-corrected chi connectivity index (χ0v) is 20.4. The average Bonchev–Trinajstić information content (AvgIpc) is 3.61. The molecule has 0 unspecified atom stereocenters. The van der Waals surface area contributed by atoms with Crippen LogP contribution in [0, 0.1) is 18.7 Å². The molecule has 4 rings (SSSR count). The van der Waals surface area contributed by atoms with Crippen LogP contribution in [0.25, 0.3) is 11.3 Å². The maximum Gasteiger partial charge on any atom is 0.281 e. The van der Waals surface area contributed by atoms with Crippen LogP contribution in [0.4, 0.5) is 4.39 Å². The molecule has 1 saturated carbocycles. The Kier molecular flexibility index (Phi) is 7.02. The van der Waals surface area contributed by atoms with E-state index in [2.05, 4.69) is 9.97 Å². The number of aromatic nitrogens is 2. The molecule has 0 radical (unpaired) electrons. The lowest BCUT2D eigenvalue weighted by atomic mass is 10.1. The second-order valence-corrected chi connectivity index (χ2v) is 10.4. The van der Waals surface area contributed by atoms with Crippen LogP contribution in [-0.4, -0.2) is 37.0 Å². The highest BCUT2D eigenvalue weighted by Gasteiger charge is 2.29. The van der Waals surface area contributed by atoms with E-state index in [4.69, 9.17) is 9.47 Å². The summed E-state index contributed by atoms with van der Waals surface area (Å²) in [5.41, 5.74) is 1.24. The molecular weight excluding hydrogens is 473 g/mol. The first-order chi connectivity index (χ1) is 16.6. The Morgan fingerprint density at radius 1 is 1.14 bits per heavy atom. The van der Waals surface area contributed by atoms with Gasteiger partial charge in [0.05, 0.1) is 12.3 Å². The first-order valence-corrected chi connectivity index (χ1v) is 12.7. The molecule has 2 aromatic heterocycles. The van der Waals surface area contributed by atoms with Crippen LogP contribution in [0.2, 0.25) is 0 Å². The van der Waals surface area contributed by atoms with E-state index >= 15 is 0 Å². The van der Waals surface area contributed by atoms with E-state index in [9.17, 15) is 17.6 Å². The number of pyridine rings is 2. The number of sulfonamides is 1. The molecule has 10 heteroatoms. The van der Waals surface area contributed by atoms with Crippen LogP contribution in [0.5, 0.6) is 11.6 Å². The standard InChI is InChI=1S/C25H26FN3O5S/c1-15(2)14-33-20-12-17(11-18(26)13-20)22-10-9-21(25(28-22)34-19-7-8-19)24(30)29-35(31,32)23-6-4-5-16(3)27-23/h4-6,9-13,15,19H,7-8,14H2,1-3H3,(H,29,30). The highest BCUT2D eigenvalue weighted by atomic mass is 32.2. The minimum absolute atomic E-state index is 0.0242. The molecule has 35 heavy (non-hydrogen) atoms. The molecule has 0 aliphatic heterocycles. The summed E-state index contributed by atoms with van der Waals surface area (Å²) in [6.07, 6.45) is 1.48. The topological polar surface area (TPSA) is 107 Å². The van der Waals surface area contributed by atoms with Gasteiger partial charge >= 0.3 is 0 Å². The van der Waals surface area contributed by atoms with E-state index in [-0.39, 0.29) is 28.5 Å². The van der Waals surface area contributed by atoms with E-state index in [0.717, 1.165) is 12.8 Å². The van der Waals surface area contributed by atoms with E-state index in [1.807, 2.05) is 18.6 Å². The van der Waals surface area contributed by atoms with Crippen LogP contribution in [0.1, 0.15) is 42.7 Å². The van der Waals surface area contributed by atoms with E-state index in [0.29, 0.717) is 29.3 Å². The smallest absolute Gasteiger partial charge is 0.281 e. The fourth-order valence-corrected chi connectivity index (χ4v) is 4.14. The molecule has 0 bridgehead atoms. The average molecular weight is 500 g/mol. The number of rotatable bonds is 9. The molecule has 1 fully saturated rings. The molecule has 3 aromatic rings. The third-order valence-corrected chi connectivity index (χ3v) is 6.26. The fourth-order valence-electron chi connectivity index (χ4n) is 3.16. The van der Waals surface area contributed by atoms with Crippen LogP contribution < -0.4 is 14.2 Å². The van der Waals surface area contributed by atoms with Crippen molar-refractivity contribution in [3.05, 3.63) is 65.6 Å². The number of aryl methyl sites for hydroxylation is 1. The number of carbonyl (C=O) groups is 1. The Morgan fingerprint density at radius 3 is 2.60 bits per heavy atom. The number of hydrogen-bond donors (Lipinski definition) is 1. The fraction of sp³-hybridized carbons (Fsp3) is 0.320. The monoisotopic (exact) mass is 499 g/mol. The molecule has 1 aromatic carbocycles. The van der Waals surface area contributed by atoms with Crippen LogP contribution in [0.3, 0.4) is 0 Å². The predicted molar refractivity (Wildman–Crippen MR) is 127 cm³/mol. The molecular formula is C25H26FN3O5S. The van der Waals surface area contributed by atoms with Crippen molar-refractivity contribution in [3.63, 3.8) is 0 Å². The number of amides is 1. The summed E-state index contributed by atoms with van der Waals surface area (Å²) in [4.78, 5) is 21.3. The molecule has 0 spiro atoms. The molecule has 184 valence electrons. The molecule has 0 atom stereocenters. The SMILES string of the molecule is Cc1cccc(S(=O)(=O)NC(=O)c2ccc(-c3cc(F)cc(OCC(C)C)c3)nc2OC2CC2)n1. The summed E-state index contributed by atoms with van der Waals surface area (Å²) in [5.74, 6) is -0.792. The Bertz CT molecular complexity index is 1360. The summed E-state index contributed by atoms with van der Waals surface area (Å²) in [5, 5.41) is -0.270. The Balaban J connectivity index is 1.64. The van der Waals surface area contributed by atoms with Gasteiger partial charge in [-0.05, 0) is 62.1 Å². The van der Waals surface area contributed by atoms with Gasteiger partial charge < -0.3 is 9.47 Å². The van der Waals surface area contributed by atoms with Gasteiger partial charge in [-0.3, -0.25) is 4.79 Å². The predicted octanol–water partition coefficient (Wildman–Crippen LogP) is 4.29. The van der Waals surface area contributed by atoms with Gasteiger partial charge in [0.1, 0.15) is 23.2 Å². The van der Waals surface area contributed by atoms with Gasteiger partial charge in [-0.25, -0.2) is 19.1 Å². The second-order valence-electron chi connectivity index (χ2n) is 8.80. The number of nitrogens with one attached hydrogen (secondary N) is 1. The lowest BCUT2D eigenvalue weighted by molar-refractivity contribution is 0.0976. The van der Waals surface area contributed by atoms with Crippen molar-refractivity contribution >= 4 is 15.9 Å². The van der Waals surface area contributed by atoms with Gasteiger partial charge in [0.2, 0.25) is 5.88 Å². The Morgan fingerprint density at radius 2 is 1.91 bits per heavy atom. The summed E-state index contributed by atoms with van der Waals surface area (Å²) in [7, 11) is -4.21. The van der Waals surface area contributed by atoms with E-state index in [1.165, 1.54) is 36.4 Å². The van der Waals surface area contributed by atoms with Crippen molar-refractivity contribution in [3.8, 4) is 22.9 Å². The number of benzene rings is 1. The Hall–Kier alpha value is -3.53. The maximum absolute atomic E-state index is 14.3. The Labute approximate surface area is 203 Å². The van der Waals surface area contributed by atoms with Crippen LogP contribution >= 0.6 is 0 Å². The molecule has 1 amide bonds. The minimum Gasteiger partial charge on any atom is -0.493 e. The van der Waals surface area contributed by atoms with Gasteiger partial charge in [-0.1, -0.05) is 19.9 Å². The molecule has 2 heterocycles. The van der Waals surface area contributed by atoms with Crippen molar-refractivity contribution in [2.75, 3.05) is 6.61 Å². The maximum atomic E-state index is 14.3. The number of halogens is 1. The van der Waals surface area contributed by atoms with Crippen LogP contribution in [-0.2, 0) is 10.0 Å². The van der Waals surface area contributed by atoms with Crippen molar-refractivity contribution in [2.24, 2.45) is 5.92 Å². The molecule has 0 saturated heterocycles. The van der Waals surface area contributed by atoms with E-state index in [1.54, 1.807) is 19.1 Å². The largest absolute Gasteiger partial charge is 0.493 e. The first kappa shape index (κ1) is 24.6. The summed E-state index contributed by atoms with van der Waals surface area (Å²) in [6, 6.07) is 11.7. The number of carbonyl (C=O) groups excluding carboxylic acids is 1. The highest BCUT2D eigenvalue weighted by Crippen LogP contribution is 2.32. The summed E-state index contributed by atoms with van der Waals surface area (Å²) >= 11 is 0. The lowest BCUT2D eigenvalue weighted by Gasteiger charge is -2.14. The third-order valence-electron chi connectivity index (χ3n) is 5.02. The highest BCUT2D eigenvalue weighted by molar-refractivity contribution is 7.90. The van der Waals surface area contributed by atoms with Gasteiger partial charge in [0, 0.05) is 17.3 Å². The third kappa shape index (κ3) is 6.33.